The van der Waals surface area contributed by atoms with Crippen molar-refractivity contribution in [2.24, 2.45) is 0 Å². The summed E-state index contributed by atoms with van der Waals surface area (Å²) in [6.45, 7) is 3.05. The lowest BCUT2D eigenvalue weighted by Gasteiger charge is -2.08. The summed E-state index contributed by atoms with van der Waals surface area (Å²) in [5, 5.41) is 12.2. The van der Waals surface area contributed by atoms with Crippen LogP contribution in [0.4, 0.5) is 0 Å². The van der Waals surface area contributed by atoms with E-state index < -0.39 is 6.10 Å². The molecule has 2 N–H and O–H groups in total. The summed E-state index contributed by atoms with van der Waals surface area (Å²) < 4.78 is 0.748. The fraction of sp³-hybridized carbons (Fsp3) is 0.875. The first-order chi connectivity index (χ1) is 6.20. The number of halogens is 1. The summed E-state index contributed by atoms with van der Waals surface area (Å²) in [6.07, 6.45) is 1.82. The van der Waals surface area contributed by atoms with Crippen LogP contribution in [0.3, 0.4) is 0 Å². The third kappa shape index (κ3) is 8.81. The van der Waals surface area contributed by atoms with Crippen LogP contribution in [0.1, 0.15) is 19.8 Å². The lowest BCUT2D eigenvalue weighted by Crippen LogP contribution is -2.22. The quantitative estimate of drug-likeness (QED) is 0.423. The van der Waals surface area contributed by atoms with Gasteiger partial charge >= 0.3 is 0 Å². The van der Waals surface area contributed by atoms with Crippen molar-refractivity contribution in [2.45, 2.75) is 25.9 Å². The molecule has 0 aliphatic carbocycles. The number of aliphatic hydroxyl groups is 1. The Kier molecular flexibility index (Phi) is 9.40. The van der Waals surface area contributed by atoms with Crippen molar-refractivity contribution in [3.8, 4) is 0 Å². The van der Waals surface area contributed by atoms with E-state index in [2.05, 4.69) is 12.2 Å². The summed E-state index contributed by atoms with van der Waals surface area (Å²) in [4.78, 5) is 0. The lowest BCUT2D eigenvalue weighted by atomic mass is 10.3. The van der Waals surface area contributed by atoms with Gasteiger partial charge in [-0.3, -0.25) is 0 Å². The minimum absolute atomic E-state index is 0.268. The Bertz CT molecular complexity index is 146. The maximum absolute atomic E-state index is 9.14. The van der Waals surface area contributed by atoms with Crippen LogP contribution < -0.4 is 5.32 Å². The summed E-state index contributed by atoms with van der Waals surface area (Å²) in [5.74, 6) is 0.839. The van der Waals surface area contributed by atoms with E-state index in [-0.39, 0.29) is 5.88 Å². The zero-order valence-corrected chi connectivity index (χ0v) is 10.1. The Hall–Kier alpha value is 0.490. The molecule has 5 heteroatoms. The topological polar surface area (TPSA) is 32.3 Å². The molecule has 0 spiro atoms. The number of alkyl halides is 1. The Labute approximate surface area is 94.4 Å². The summed E-state index contributed by atoms with van der Waals surface area (Å²) >= 11 is 11.9. The van der Waals surface area contributed by atoms with E-state index in [1.54, 1.807) is 0 Å². The number of thiocarbonyl (C=S) groups is 1. The third-order valence-corrected chi connectivity index (χ3v) is 3.20. The number of hydrogen-bond donors (Lipinski definition) is 2. The molecule has 0 heterocycles. The molecule has 2 nitrogen and oxygen atoms in total. The van der Waals surface area contributed by atoms with Crippen LogP contribution in [0.25, 0.3) is 0 Å². The standard InChI is InChI=1S/C8H16ClNOS2/c1-2-3-4-10-8(12)13-6-7(11)5-9/h7,11H,2-6H2,1H3,(H,10,12). The second kappa shape index (κ2) is 9.06. The highest BCUT2D eigenvalue weighted by Gasteiger charge is 2.03. The normalized spacial score (nSPS) is 12.5. The van der Waals surface area contributed by atoms with Crippen LogP contribution in [0.2, 0.25) is 0 Å². The molecule has 0 saturated heterocycles. The molecule has 0 aromatic heterocycles. The first-order valence-corrected chi connectivity index (χ1v) is 6.28. The Morgan fingerprint density at radius 1 is 1.69 bits per heavy atom. The maximum Gasteiger partial charge on any atom is 0.133 e. The molecule has 0 aliphatic rings. The predicted octanol–water partition coefficient (Wildman–Crippen LogP) is 1.99. The molecule has 0 aromatic carbocycles. The summed E-state index contributed by atoms with van der Waals surface area (Å²) in [7, 11) is 0. The van der Waals surface area contributed by atoms with Crippen molar-refractivity contribution < 1.29 is 5.11 Å². The molecule has 0 radical (unpaired) electrons. The van der Waals surface area contributed by atoms with Crippen molar-refractivity contribution in [1.82, 2.24) is 5.32 Å². The number of rotatable bonds is 6. The van der Waals surface area contributed by atoms with Gasteiger partial charge in [-0.1, -0.05) is 37.3 Å². The number of thioether (sulfide) groups is 1. The molecular weight excluding hydrogens is 226 g/mol. The zero-order valence-electron chi connectivity index (χ0n) is 7.75. The van der Waals surface area contributed by atoms with Crippen LogP contribution >= 0.6 is 35.6 Å². The van der Waals surface area contributed by atoms with Crippen LogP contribution in [0, 0.1) is 0 Å². The largest absolute Gasteiger partial charge is 0.391 e. The van der Waals surface area contributed by atoms with E-state index in [1.165, 1.54) is 11.8 Å². The molecule has 0 amide bonds. The maximum atomic E-state index is 9.14. The predicted molar refractivity (Wildman–Crippen MR) is 64.7 cm³/mol. The van der Waals surface area contributed by atoms with Gasteiger partial charge in [-0.05, 0) is 6.42 Å². The molecule has 78 valence electrons. The van der Waals surface area contributed by atoms with Gasteiger partial charge in [-0.2, -0.15) is 0 Å². The molecule has 0 aromatic rings. The summed E-state index contributed by atoms with van der Waals surface area (Å²) in [6, 6.07) is 0. The molecule has 0 saturated carbocycles. The fourth-order valence-electron chi connectivity index (χ4n) is 0.635. The van der Waals surface area contributed by atoms with E-state index in [0.29, 0.717) is 5.75 Å². The van der Waals surface area contributed by atoms with Crippen molar-refractivity contribution in [1.29, 1.82) is 0 Å². The van der Waals surface area contributed by atoms with Crippen molar-refractivity contribution >= 4 is 39.9 Å². The second-order valence-electron chi connectivity index (χ2n) is 2.69. The average Bonchev–Trinajstić information content (AvgIpc) is 2.14. The van der Waals surface area contributed by atoms with Crippen LogP contribution in [-0.2, 0) is 0 Å². The summed E-state index contributed by atoms with van der Waals surface area (Å²) in [5.41, 5.74) is 0. The molecule has 0 fully saturated rings. The van der Waals surface area contributed by atoms with Gasteiger partial charge in [0.15, 0.2) is 0 Å². The highest BCUT2D eigenvalue weighted by Crippen LogP contribution is 2.05. The van der Waals surface area contributed by atoms with Crippen LogP contribution in [-0.4, -0.2) is 33.7 Å². The number of nitrogens with one attached hydrogen (secondary N) is 1. The first kappa shape index (κ1) is 13.5. The monoisotopic (exact) mass is 241 g/mol. The second-order valence-corrected chi connectivity index (χ2v) is 4.69. The number of aliphatic hydroxyl groups excluding tert-OH is 1. The van der Waals surface area contributed by atoms with E-state index in [1.807, 2.05) is 0 Å². The molecule has 1 atom stereocenters. The van der Waals surface area contributed by atoms with Crippen molar-refractivity contribution in [2.75, 3.05) is 18.2 Å². The van der Waals surface area contributed by atoms with Gasteiger partial charge in [-0.15, -0.1) is 11.6 Å². The van der Waals surface area contributed by atoms with E-state index in [9.17, 15) is 0 Å². The molecule has 0 bridgehead atoms. The molecular formula is C8H16ClNOS2. The van der Waals surface area contributed by atoms with Crippen LogP contribution in [0.15, 0.2) is 0 Å². The van der Waals surface area contributed by atoms with Crippen molar-refractivity contribution in [3.05, 3.63) is 0 Å². The van der Waals surface area contributed by atoms with Crippen LogP contribution in [0.5, 0.6) is 0 Å². The number of hydrogen-bond acceptors (Lipinski definition) is 3. The fourth-order valence-corrected chi connectivity index (χ4v) is 1.85. The van der Waals surface area contributed by atoms with Gasteiger partial charge < -0.3 is 10.4 Å². The number of unbranched alkanes of at least 4 members (excludes halogenated alkanes) is 1. The lowest BCUT2D eigenvalue weighted by molar-refractivity contribution is 0.224. The highest BCUT2D eigenvalue weighted by molar-refractivity contribution is 8.23. The minimum Gasteiger partial charge on any atom is -0.391 e. The van der Waals surface area contributed by atoms with E-state index in [0.717, 1.165) is 23.7 Å². The van der Waals surface area contributed by atoms with Gasteiger partial charge in [0.1, 0.15) is 4.32 Å². The molecule has 1 unspecified atom stereocenters. The highest BCUT2D eigenvalue weighted by atomic mass is 35.5. The third-order valence-electron chi connectivity index (χ3n) is 1.38. The molecule has 0 aliphatic heterocycles. The van der Waals surface area contributed by atoms with Gasteiger partial charge in [0.2, 0.25) is 0 Å². The first-order valence-electron chi connectivity index (χ1n) is 4.35. The van der Waals surface area contributed by atoms with E-state index >= 15 is 0 Å². The minimum atomic E-state index is -0.461. The Balaban J connectivity index is 3.30. The van der Waals surface area contributed by atoms with Gasteiger partial charge in [0.05, 0.1) is 6.10 Å². The smallest absolute Gasteiger partial charge is 0.133 e. The van der Waals surface area contributed by atoms with E-state index in [4.69, 9.17) is 28.9 Å². The molecule has 0 rings (SSSR count). The van der Waals surface area contributed by atoms with Crippen molar-refractivity contribution in [3.63, 3.8) is 0 Å². The Morgan fingerprint density at radius 3 is 2.92 bits per heavy atom. The zero-order chi connectivity index (χ0) is 10.1. The SMILES string of the molecule is CCCCNC(=S)SCC(O)CCl. The Morgan fingerprint density at radius 2 is 2.38 bits per heavy atom. The van der Waals surface area contributed by atoms with Gasteiger partial charge in [0.25, 0.3) is 0 Å². The van der Waals surface area contributed by atoms with Gasteiger partial charge in [0, 0.05) is 18.2 Å². The van der Waals surface area contributed by atoms with Gasteiger partial charge in [-0.25, -0.2) is 0 Å². The average molecular weight is 242 g/mol. The molecule has 13 heavy (non-hydrogen) atoms.